The van der Waals surface area contributed by atoms with Gasteiger partial charge in [-0.1, -0.05) is 17.3 Å². The predicted molar refractivity (Wildman–Crippen MR) is 70.8 cm³/mol. The van der Waals surface area contributed by atoms with Gasteiger partial charge >= 0.3 is 0 Å². The van der Waals surface area contributed by atoms with Gasteiger partial charge in [0.25, 0.3) is 0 Å². The summed E-state index contributed by atoms with van der Waals surface area (Å²) in [6.45, 7) is -0.0299. The zero-order chi connectivity index (χ0) is 13.0. The second kappa shape index (κ2) is 5.14. The molecule has 0 bridgehead atoms. The molecule has 98 valence electrons. The van der Waals surface area contributed by atoms with E-state index in [9.17, 15) is 5.11 Å². The van der Waals surface area contributed by atoms with Gasteiger partial charge in [-0.25, -0.2) is 0 Å². The van der Waals surface area contributed by atoms with Crippen LogP contribution in [0.5, 0.6) is 0 Å². The molecule has 6 nitrogen and oxygen atoms in total. The molecule has 1 aliphatic heterocycles. The zero-order valence-corrected chi connectivity index (χ0v) is 10.1. The predicted octanol–water partition coefficient (Wildman–Crippen LogP) is 1.13. The number of nitrogens with two attached hydrogens (primary N) is 1. The van der Waals surface area contributed by atoms with Crippen molar-refractivity contribution >= 4 is 17.2 Å². The Morgan fingerprint density at radius 2 is 1.89 bits per heavy atom. The van der Waals surface area contributed by atoms with E-state index in [1.807, 2.05) is 24.3 Å². The number of aliphatic hydroxyl groups is 1. The van der Waals surface area contributed by atoms with E-state index in [1.54, 1.807) is 0 Å². The van der Waals surface area contributed by atoms with Crippen LogP contribution < -0.4 is 16.4 Å². The van der Waals surface area contributed by atoms with Crippen molar-refractivity contribution in [3.63, 3.8) is 0 Å². The molecular weight excluding hydrogens is 232 g/mol. The Labute approximate surface area is 105 Å². The summed E-state index contributed by atoms with van der Waals surface area (Å²) in [6, 6.07) is 7.81. The molecule has 0 amide bonds. The first kappa shape index (κ1) is 12.5. The molecule has 0 unspecified atom stereocenters. The number of hydrogen-bond donors (Lipinski definition) is 5. The molecule has 0 aliphatic carbocycles. The minimum absolute atomic E-state index is 0.0299. The largest absolute Gasteiger partial charge is 0.409 e. The van der Waals surface area contributed by atoms with Crippen LogP contribution in [0, 0.1) is 0 Å². The number of nitrogens with zero attached hydrogens (tertiary/aromatic N) is 1. The van der Waals surface area contributed by atoms with Crippen LogP contribution in [0.3, 0.4) is 0 Å². The third-order valence-electron chi connectivity index (χ3n) is 3.11. The molecule has 1 aromatic rings. The molecule has 0 aromatic heterocycles. The highest BCUT2D eigenvalue weighted by Gasteiger charge is 2.34. The number of benzene rings is 1. The van der Waals surface area contributed by atoms with Crippen LogP contribution in [0.1, 0.15) is 19.3 Å². The van der Waals surface area contributed by atoms with Gasteiger partial charge in [-0.05, 0) is 25.0 Å². The molecule has 1 heterocycles. The fourth-order valence-corrected chi connectivity index (χ4v) is 2.15. The van der Waals surface area contributed by atoms with Gasteiger partial charge in [0.2, 0.25) is 0 Å². The average molecular weight is 250 g/mol. The first-order valence-corrected chi connectivity index (χ1v) is 5.92. The van der Waals surface area contributed by atoms with E-state index in [1.165, 1.54) is 0 Å². The molecule has 0 radical (unpaired) electrons. The lowest BCUT2D eigenvalue weighted by Crippen LogP contribution is -2.45. The first-order chi connectivity index (χ1) is 8.69. The highest BCUT2D eigenvalue weighted by Crippen LogP contribution is 2.35. The highest BCUT2D eigenvalue weighted by atomic mass is 16.4. The summed E-state index contributed by atoms with van der Waals surface area (Å²) >= 11 is 0. The summed E-state index contributed by atoms with van der Waals surface area (Å²) in [6.07, 6.45) is 1.89. The number of oxime groups is 1. The Hall–Kier alpha value is -1.95. The molecule has 6 N–H and O–H groups in total. The molecule has 0 spiro atoms. The van der Waals surface area contributed by atoms with E-state index in [2.05, 4.69) is 15.8 Å². The number of fused-ring (bicyclic) bond motifs is 1. The van der Waals surface area contributed by atoms with E-state index in [0.29, 0.717) is 19.3 Å². The molecule has 18 heavy (non-hydrogen) atoms. The fourth-order valence-electron chi connectivity index (χ4n) is 2.15. The van der Waals surface area contributed by atoms with Gasteiger partial charge < -0.3 is 26.7 Å². The Morgan fingerprint density at radius 1 is 1.28 bits per heavy atom. The summed E-state index contributed by atoms with van der Waals surface area (Å²) < 4.78 is 0. The summed E-state index contributed by atoms with van der Waals surface area (Å²) in [5.74, 6) is 0.207. The molecular formula is C12H18N4O2. The normalized spacial score (nSPS) is 16.8. The van der Waals surface area contributed by atoms with Crippen LogP contribution in [0.25, 0.3) is 0 Å². The molecule has 0 fully saturated rings. The lowest BCUT2D eigenvalue weighted by molar-refractivity contribution is 0.222. The van der Waals surface area contributed by atoms with Crippen molar-refractivity contribution in [1.29, 1.82) is 0 Å². The van der Waals surface area contributed by atoms with Crippen LogP contribution in [-0.4, -0.2) is 28.4 Å². The highest BCUT2D eigenvalue weighted by molar-refractivity contribution is 5.79. The number of para-hydroxylation sites is 2. The van der Waals surface area contributed by atoms with E-state index < -0.39 is 5.66 Å². The number of anilines is 2. The number of hydrogen-bond acceptors (Lipinski definition) is 5. The quantitative estimate of drug-likeness (QED) is 0.233. The van der Waals surface area contributed by atoms with Crippen LogP contribution in [0.2, 0.25) is 0 Å². The van der Waals surface area contributed by atoms with Gasteiger partial charge in [0.15, 0.2) is 0 Å². The second-order valence-electron chi connectivity index (χ2n) is 4.48. The molecule has 2 rings (SSSR count). The lowest BCUT2D eigenvalue weighted by atomic mass is 10.0. The van der Waals surface area contributed by atoms with Crippen molar-refractivity contribution in [2.45, 2.75) is 24.9 Å². The number of amidine groups is 1. The van der Waals surface area contributed by atoms with Crippen LogP contribution >= 0.6 is 0 Å². The number of nitrogens with one attached hydrogen (secondary N) is 2. The van der Waals surface area contributed by atoms with Crippen molar-refractivity contribution in [1.82, 2.24) is 0 Å². The van der Waals surface area contributed by atoms with E-state index in [4.69, 9.17) is 10.9 Å². The minimum Gasteiger partial charge on any atom is -0.409 e. The molecule has 0 saturated heterocycles. The Kier molecular flexibility index (Phi) is 3.57. The van der Waals surface area contributed by atoms with Gasteiger partial charge in [-0.15, -0.1) is 0 Å². The van der Waals surface area contributed by atoms with E-state index >= 15 is 0 Å². The van der Waals surface area contributed by atoms with Gasteiger partial charge in [0, 0.05) is 6.42 Å². The van der Waals surface area contributed by atoms with Crippen LogP contribution in [-0.2, 0) is 0 Å². The maximum Gasteiger partial charge on any atom is 0.139 e. The monoisotopic (exact) mass is 250 g/mol. The topological polar surface area (TPSA) is 103 Å². The third-order valence-corrected chi connectivity index (χ3v) is 3.11. The van der Waals surface area contributed by atoms with Gasteiger partial charge in [0.05, 0.1) is 18.0 Å². The Balaban J connectivity index is 1.98. The lowest BCUT2D eigenvalue weighted by Gasteiger charge is -2.28. The van der Waals surface area contributed by atoms with Crippen molar-refractivity contribution in [2.24, 2.45) is 10.9 Å². The first-order valence-electron chi connectivity index (χ1n) is 5.92. The van der Waals surface area contributed by atoms with Crippen LogP contribution in [0.4, 0.5) is 11.4 Å². The maximum absolute atomic E-state index is 9.58. The van der Waals surface area contributed by atoms with Gasteiger partial charge in [0.1, 0.15) is 11.5 Å². The molecule has 1 aliphatic rings. The third kappa shape index (κ3) is 2.48. The summed E-state index contributed by atoms with van der Waals surface area (Å²) in [5.41, 5.74) is 6.83. The maximum atomic E-state index is 9.58. The fraction of sp³-hybridized carbons (Fsp3) is 0.417. The minimum atomic E-state index is -0.556. The SMILES string of the molecule is NC(CCCC1(CO)Nc2ccccc2N1)=NO. The Bertz CT molecular complexity index is 422. The van der Waals surface area contributed by atoms with Gasteiger partial charge in [-0.3, -0.25) is 0 Å². The average Bonchev–Trinajstić information content (AvgIpc) is 2.77. The Morgan fingerprint density at radius 3 is 2.39 bits per heavy atom. The van der Waals surface area contributed by atoms with Crippen molar-refractivity contribution < 1.29 is 10.3 Å². The number of aliphatic hydroxyl groups excluding tert-OH is 1. The summed E-state index contributed by atoms with van der Waals surface area (Å²) in [7, 11) is 0. The smallest absolute Gasteiger partial charge is 0.139 e. The van der Waals surface area contributed by atoms with Crippen molar-refractivity contribution in [2.75, 3.05) is 17.2 Å². The van der Waals surface area contributed by atoms with E-state index in [0.717, 1.165) is 11.4 Å². The zero-order valence-electron chi connectivity index (χ0n) is 10.1. The van der Waals surface area contributed by atoms with Gasteiger partial charge in [-0.2, -0.15) is 0 Å². The molecule has 6 heteroatoms. The van der Waals surface area contributed by atoms with Crippen molar-refractivity contribution in [3.8, 4) is 0 Å². The molecule has 0 atom stereocenters. The van der Waals surface area contributed by atoms with Crippen molar-refractivity contribution in [3.05, 3.63) is 24.3 Å². The second-order valence-corrected chi connectivity index (χ2v) is 4.48. The standard InChI is InChI=1S/C12H18N4O2/c13-11(16-18)6-3-7-12(8-17)14-9-4-1-2-5-10(9)15-12/h1-2,4-5,14-15,17-18H,3,6-8H2,(H2,13,16). The van der Waals surface area contributed by atoms with Crippen LogP contribution in [0.15, 0.2) is 29.4 Å². The number of rotatable bonds is 5. The molecule has 1 aromatic carbocycles. The molecule has 0 saturated carbocycles. The van der Waals surface area contributed by atoms with E-state index in [-0.39, 0.29) is 12.4 Å². The summed E-state index contributed by atoms with van der Waals surface area (Å²) in [5, 5.41) is 27.5. The summed E-state index contributed by atoms with van der Waals surface area (Å²) in [4.78, 5) is 0.